The summed E-state index contributed by atoms with van der Waals surface area (Å²) in [6.45, 7) is 4.97. The fraction of sp³-hybridized carbons (Fsp3) is 0.286. The quantitative estimate of drug-likeness (QED) is 0.767. The van der Waals surface area contributed by atoms with Crippen molar-refractivity contribution >= 4 is 23.0 Å². The van der Waals surface area contributed by atoms with E-state index in [0.29, 0.717) is 17.3 Å². The molecule has 0 spiro atoms. The summed E-state index contributed by atoms with van der Waals surface area (Å²) in [7, 11) is 0. The van der Waals surface area contributed by atoms with Gasteiger partial charge in [0.1, 0.15) is 12.0 Å². The number of para-hydroxylation sites is 1. The molecule has 0 fully saturated rings. The Labute approximate surface area is 113 Å². The van der Waals surface area contributed by atoms with Gasteiger partial charge in [0.05, 0.1) is 0 Å². The Kier molecular flexibility index (Phi) is 4.18. The molecule has 5 nitrogen and oxygen atoms in total. The number of nitrogens with zero attached hydrogens (tertiary/aromatic N) is 2. The number of aryl methyl sites for hydroxylation is 1. The van der Waals surface area contributed by atoms with E-state index in [1.165, 1.54) is 6.33 Å². The zero-order valence-corrected chi connectivity index (χ0v) is 11.3. The summed E-state index contributed by atoms with van der Waals surface area (Å²) < 4.78 is 0. The van der Waals surface area contributed by atoms with E-state index in [1.807, 2.05) is 31.2 Å². The number of nitrogens with two attached hydrogens (primary N) is 1. The molecule has 0 unspecified atom stereocenters. The lowest BCUT2D eigenvalue weighted by Gasteiger charge is -2.13. The van der Waals surface area contributed by atoms with Crippen molar-refractivity contribution in [2.24, 2.45) is 0 Å². The highest BCUT2D eigenvalue weighted by molar-refractivity contribution is 5.78. The van der Waals surface area contributed by atoms with Crippen LogP contribution in [0.5, 0.6) is 0 Å². The van der Waals surface area contributed by atoms with Crippen molar-refractivity contribution in [3.05, 3.63) is 36.2 Å². The maximum atomic E-state index is 6.07. The third-order valence-electron chi connectivity index (χ3n) is 2.82. The van der Waals surface area contributed by atoms with Crippen molar-refractivity contribution in [3.63, 3.8) is 0 Å². The first-order chi connectivity index (χ1) is 9.22. The second kappa shape index (κ2) is 6.04. The molecule has 0 radical (unpaired) electrons. The molecule has 0 aliphatic heterocycles. The Morgan fingerprint density at radius 3 is 2.63 bits per heavy atom. The third-order valence-corrected chi connectivity index (χ3v) is 2.82. The lowest BCUT2D eigenvalue weighted by Crippen LogP contribution is -2.08. The first kappa shape index (κ1) is 13.1. The summed E-state index contributed by atoms with van der Waals surface area (Å²) in [5.74, 6) is 1.30. The predicted molar refractivity (Wildman–Crippen MR) is 79.7 cm³/mol. The highest BCUT2D eigenvalue weighted by atomic mass is 15.1. The van der Waals surface area contributed by atoms with Gasteiger partial charge < -0.3 is 16.4 Å². The van der Waals surface area contributed by atoms with Crippen LogP contribution in [0.4, 0.5) is 23.0 Å². The van der Waals surface area contributed by atoms with E-state index in [2.05, 4.69) is 27.5 Å². The van der Waals surface area contributed by atoms with Crippen LogP contribution in [0.3, 0.4) is 0 Å². The molecule has 0 aliphatic rings. The van der Waals surface area contributed by atoms with Gasteiger partial charge in [0, 0.05) is 12.2 Å². The third kappa shape index (κ3) is 3.13. The van der Waals surface area contributed by atoms with Gasteiger partial charge in [-0.05, 0) is 25.0 Å². The number of hydrogen-bond donors (Lipinski definition) is 3. The SMILES string of the molecule is CCCNc1ncnc(Nc2ccccc2C)c1N. The fourth-order valence-corrected chi connectivity index (χ4v) is 1.72. The smallest absolute Gasteiger partial charge is 0.159 e. The van der Waals surface area contributed by atoms with E-state index < -0.39 is 0 Å². The number of aromatic nitrogens is 2. The molecule has 4 N–H and O–H groups in total. The summed E-state index contributed by atoms with van der Waals surface area (Å²) >= 11 is 0. The molecule has 0 saturated heterocycles. The number of nitrogen functional groups attached to an aromatic ring is 1. The molecule has 1 heterocycles. The molecule has 100 valence electrons. The predicted octanol–water partition coefficient (Wildman–Crippen LogP) is 2.93. The van der Waals surface area contributed by atoms with Crippen LogP contribution in [0.1, 0.15) is 18.9 Å². The molecule has 0 bridgehead atoms. The topological polar surface area (TPSA) is 75.9 Å². The van der Waals surface area contributed by atoms with Crippen molar-refractivity contribution in [1.29, 1.82) is 0 Å². The van der Waals surface area contributed by atoms with E-state index in [9.17, 15) is 0 Å². The standard InChI is InChI=1S/C14H19N5/c1-3-8-16-13-12(15)14(18-9-17-13)19-11-7-5-4-6-10(11)2/h4-7,9H,3,8,15H2,1-2H3,(H2,16,17,18,19). The minimum Gasteiger partial charge on any atom is -0.393 e. The number of hydrogen-bond acceptors (Lipinski definition) is 5. The molecular weight excluding hydrogens is 238 g/mol. The minimum absolute atomic E-state index is 0.541. The van der Waals surface area contributed by atoms with Crippen LogP contribution in [0.15, 0.2) is 30.6 Å². The fourth-order valence-electron chi connectivity index (χ4n) is 1.72. The van der Waals surface area contributed by atoms with Gasteiger partial charge in [-0.3, -0.25) is 0 Å². The van der Waals surface area contributed by atoms with E-state index >= 15 is 0 Å². The van der Waals surface area contributed by atoms with Gasteiger partial charge in [-0.1, -0.05) is 25.1 Å². The van der Waals surface area contributed by atoms with Crippen molar-refractivity contribution in [2.75, 3.05) is 22.9 Å². The zero-order valence-electron chi connectivity index (χ0n) is 11.3. The van der Waals surface area contributed by atoms with E-state index in [1.54, 1.807) is 0 Å². The van der Waals surface area contributed by atoms with Crippen LogP contribution >= 0.6 is 0 Å². The molecule has 0 aliphatic carbocycles. The first-order valence-corrected chi connectivity index (χ1v) is 6.39. The largest absolute Gasteiger partial charge is 0.393 e. The molecule has 19 heavy (non-hydrogen) atoms. The summed E-state index contributed by atoms with van der Waals surface area (Å²) in [5.41, 5.74) is 8.75. The summed E-state index contributed by atoms with van der Waals surface area (Å²) in [4.78, 5) is 8.35. The molecule has 5 heteroatoms. The van der Waals surface area contributed by atoms with Crippen molar-refractivity contribution in [2.45, 2.75) is 20.3 Å². The van der Waals surface area contributed by atoms with E-state index in [-0.39, 0.29) is 0 Å². The van der Waals surface area contributed by atoms with Crippen LogP contribution < -0.4 is 16.4 Å². The van der Waals surface area contributed by atoms with Gasteiger partial charge >= 0.3 is 0 Å². The van der Waals surface area contributed by atoms with Gasteiger partial charge in [-0.15, -0.1) is 0 Å². The number of anilines is 4. The molecule has 1 aromatic heterocycles. The van der Waals surface area contributed by atoms with Gasteiger partial charge in [0.15, 0.2) is 11.6 Å². The Morgan fingerprint density at radius 2 is 1.89 bits per heavy atom. The lowest BCUT2D eigenvalue weighted by atomic mass is 10.2. The number of nitrogens with one attached hydrogen (secondary N) is 2. The van der Waals surface area contributed by atoms with Crippen molar-refractivity contribution in [1.82, 2.24) is 9.97 Å². The number of benzene rings is 1. The Morgan fingerprint density at radius 1 is 1.16 bits per heavy atom. The minimum atomic E-state index is 0.541. The molecule has 2 aromatic rings. The Bertz CT molecular complexity index is 553. The molecular formula is C14H19N5. The number of rotatable bonds is 5. The highest BCUT2D eigenvalue weighted by Crippen LogP contribution is 2.26. The average molecular weight is 257 g/mol. The van der Waals surface area contributed by atoms with Gasteiger partial charge in [-0.2, -0.15) is 0 Å². The normalized spacial score (nSPS) is 10.2. The maximum Gasteiger partial charge on any atom is 0.159 e. The van der Waals surface area contributed by atoms with Crippen LogP contribution in [0.2, 0.25) is 0 Å². The molecule has 0 atom stereocenters. The van der Waals surface area contributed by atoms with Crippen LogP contribution in [0, 0.1) is 6.92 Å². The Hall–Kier alpha value is -2.30. The van der Waals surface area contributed by atoms with Crippen molar-refractivity contribution < 1.29 is 0 Å². The Balaban J connectivity index is 2.23. The molecule has 0 saturated carbocycles. The van der Waals surface area contributed by atoms with Gasteiger partial charge in [0.2, 0.25) is 0 Å². The summed E-state index contributed by atoms with van der Waals surface area (Å²) in [6.07, 6.45) is 2.53. The zero-order chi connectivity index (χ0) is 13.7. The highest BCUT2D eigenvalue weighted by Gasteiger charge is 2.08. The molecule has 1 aromatic carbocycles. The van der Waals surface area contributed by atoms with Gasteiger partial charge in [0.25, 0.3) is 0 Å². The second-order valence-corrected chi connectivity index (χ2v) is 4.35. The average Bonchev–Trinajstić information content (AvgIpc) is 2.42. The van der Waals surface area contributed by atoms with E-state index in [4.69, 9.17) is 5.73 Å². The molecule has 0 amide bonds. The van der Waals surface area contributed by atoms with Crippen LogP contribution in [-0.2, 0) is 0 Å². The summed E-state index contributed by atoms with van der Waals surface area (Å²) in [5, 5.41) is 6.43. The maximum absolute atomic E-state index is 6.07. The second-order valence-electron chi connectivity index (χ2n) is 4.35. The summed E-state index contributed by atoms with van der Waals surface area (Å²) in [6, 6.07) is 8.01. The van der Waals surface area contributed by atoms with Crippen molar-refractivity contribution in [3.8, 4) is 0 Å². The monoisotopic (exact) mass is 257 g/mol. The van der Waals surface area contributed by atoms with E-state index in [0.717, 1.165) is 24.2 Å². The van der Waals surface area contributed by atoms with Crippen LogP contribution in [-0.4, -0.2) is 16.5 Å². The van der Waals surface area contributed by atoms with Crippen LogP contribution in [0.25, 0.3) is 0 Å². The van der Waals surface area contributed by atoms with Gasteiger partial charge in [-0.25, -0.2) is 9.97 Å². The molecule has 2 rings (SSSR count). The lowest BCUT2D eigenvalue weighted by molar-refractivity contribution is 0.966. The first-order valence-electron chi connectivity index (χ1n) is 6.39.